The summed E-state index contributed by atoms with van der Waals surface area (Å²) in [6.45, 7) is 1.29. The van der Waals surface area contributed by atoms with Crippen molar-refractivity contribution in [1.29, 1.82) is 5.41 Å². The average molecular weight is 302 g/mol. The van der Waals surface area contributed by atoms with Crippen molar-refractivity contribution >= 4 is 28.9 Å². The summed E-state index contributed by atoms with van der Waals surface area (Å²) in [4.78, 5) is 18.8. The van der Waals surface area contributed by atoms with Crippen molar-refractivity contribution in [1.82, 2.24) is 9.97 Å². The lowest BCUT2D eigenvalue weighted by molar-refractivity contribution is -0.114. The SMILES string of the molecule is CNc1ncnc(N)c1C(=N)c1ccc(NC(C)=O)c(F)c1. The van der Waals surface area contributed by atoms with Gasteiger partial charge in [-0.1, -0.05) is 6.07 Å². The third-order valence-electron chi connectivity index (χ3n) is 2.93. The molecule has 2 rings (SSSR count). The number of carbonyl (C=O) groups excluding carboxylic acids is 1. The van der Waals surface area contributed by atoms with Gasteiger partial charge in [0.25, 0.3) is 0 Å². The average Bonchev–Trinajstić information content (AvgIpc) is 2.48. The molecule has 0 unspecified atom stereocenters. The van der Waals surface area contributed by atoms with E-state index in [0.717, 1.165) is 6.07 Å². The van der Waals surface area contributed by atoms with Gasteiger partial charge >= 0.3 is 0 Å². The van der Waals surface area contributed by atoms with E-state index >= 15 is 0 Å². The molecular formula is C14H15FN6O. The van der Waals surface area contributed by atoms with E-state index in [2.05, 4.69) is 20.6 Å². The predicted octanol–water partition coefficient (Wildman–Crippen LogP) is 1.61. The van der Waals surface area contributed by atoms with Crippen molar-refractivity contribution in [3.63, 3.8) is 0 Å². The van der Waals surface area contributed by atoms with Gasteiger partial charge < -0.3 is 16.4 Å². The van der Waals surface area contributed by atoms with E-state index in [0.29, 0.717) is 11.4 Å². The second-order valence-corrected chi connectivity index (χ2v) is 4.48. The zero-order valence-electron chi connectivity index (χ0n) is 12.1. The Labute approximate surface area is 126 Å². The Morgan fingerprint density at radius 3 is 2.68 bits per heavy atom. The second kappa shape index (κ2) is 6.17. The molecule has 0 radical (unpaired) electrons. The molecule has 1 heterocycles. The van der Waals surface area contributed by atoms with Gasteiger partial charge in [-0.2, -0.15) is 0 Å². The van der Waals surface area contributed by atoms with Crippen molar-refractivity contribution in [2.75, 3.05) is 23.4 Å². The van der Waals surface area contributed by atoms with Gasteiger partial charge in [-0.05, 0) is 12.1 Å². The minimum atomic E-state index is -0.640. The second-order valence-electron chi connectivity index (χ2n) is 4.48. The molecule has 0 aliphatic heterocycles. The lowest BCUT2D eigenvalue weighted by Crippen LogP contribution is -2.13. The maximum Gasteiger partial charge on any atom is 0.221 e. The van der Waals surface area contributed by atoms with E-state index in [9.17, 15) is 9.18 Å². The van der Waals surface area contributed by atoms with Crippen molar-refractivity contribution in [3.05, 3.63) is 41.5 Å². The molecule has 114 valence electrons. The number of nitrogens with zero attached hydrogens (tertiary/aromatic N) is 2. The van der Waals surface area contributed by atoms with Crippen LogP contribution in [0.25, 0.3) is 0 Å². The highest BCUT2D eigenvalue weighted by molar-refractivity contribution is 6.16. The molecule has 0 saturated carbocycles. The molecule has 1 aromatic carbocycles. The summed E-state index contributed by atoms with van der Waals surface area (Å²) in [5.74, 6) is -0.515. The molecule has 0 aliphatic carbocycles. The van der Waals surface area contributed by atoms with E-state index in [4.69, 9.17) is 11.1 Å². The minimum Gasteiger partial charge on any atom is -0.383 e. The van der Waals surface area contributed by atoms with Crippen LogP contribution in [-0.4, -0.2) is 28.6 Å². The van der Waals surface area contributed by atoms with Gasteiger partial charge in [0, 0.05) is 19.5 Å². The van der Waals surface area contributed by atoms with Crippen LogP contribution in [0.5, 0.6) is 0 Å². The number of halogens is 1. The van der Waals surface area contributed by atoms with Crippen LogP contribution in [0.1, 0.15) is 18.1 Å². The van der Waals surface area contributed by atoms with Crippen LogP contribution in [-0.2, 0) is 4.79 Å². The molecule has 0 spiro atoms. The molecular weight excluding hydrogens is 287 g/mol. The summed E-state index contributed by atoms with van der Waals surface area (Å²) in [6, 6.07) is 4.06. The molecule has 2 aromatic rings. The summed E-state index contributed by atoms with van der Waals surface area (Å²) < 4.78 is 14.0. The van der Waals surface area contributed by atoms with Crippen LogP contribution in [0, 0.1) is 11.2 Å². The fraction of sp³-hybridized carbons (Fsp3) is 0.143. The highest BCUT2D eigenvalue weighted by Crippen LogP contribution is 2.23. The first-order valence-corrected chi connectivity index (χ1v) is 6.38. The topological polar surface area (TPSA) is 117 Å². The van der Waals surface area contributed by atoms with Crippen molar-refractivity contribution in [3.8, 4) is 0 Å². The fourth-order valence-electron chi connectivity index (χ4n) is 1.94. The number of hydrogen-bond acceptors (Lipinski definition) is 6. The Bertz CT molecular complexity index is 746. The standard InChI is InChI=1S/C14H15FN6O/c1-7(22)21-10-4-3-8(5-9(10)15)12(16)11-13(17)19-6-20-14(11)18-2/h3-6,16H,1-2H3,(H,21,22)(H3,17,18,19,20). The lowest BCUT2D eigenvalue weighted by Gasteiger charge is -2.12. The van der Waals surface area contributed by atoms with Crippen LogP contribution < -0.4 is 16.4 Å². The van der Waals surface area contributed by atoms with E-state index in [1.165, 1.54) is 25.4 Å². The van der Waals surface area contributed by atoms with Crippen LogP contribution in [0.2, 0.25) is 0 Å². The highest BCUT2D eigenvalue weighted by atomic mass is 19.1. The molecule has 8 heteroatoms. The third kappa shape index (κ3) is 3.00. The number of hydrogen-bond donors (Lipinski definition) is 4. The molecule has 0 atom stereocenters. The number of nitrogens with one attached hydrogen (secondary N) is 3. The molecule has 1 amide bonds. The first-order valence-electron chi connectivity index (χ1n) is 6.38. The van der Waals surface area contributed by atoms with Crippen molar-refractivity contribution < 1.29 is 9.18 Å². The van der Waals surface area contributed by atoms with Crippen molar-refractivity contribution in [2.45, 2.75) is 6.92 Å². The largest absolute Gasteiger partial charge is 0.383 e. The Balaban J connectivity index is 2.43. The van der Waals surface area contributed by atoms with Gasteiger partial charge in [0.2, 0.25) is 5.91 Å². The van der Waals surface area contributed by atoms with Crippen LogP contribution in [0.15, 0.2) is 24.5 Å². The number of nitrogen functional groups attached to an aromatic ring is 1. The smallest absolute Gasteiger partial charge is 0.221 e. The number of anilines is 3. The zero-order valence-corrected chi connectivity index (χ0v) is 12.1. The molecule has 0 fully saturated rings. The number of rotatable bonds is 4. The van der Waals surface area contributed by atoms with E-state index in [-0.39, 0.29) is 28.7 Å². The van der Waals surface area contributed by atoms with E-state index < -0.39 is 5.82 Å². The fourth-order valence-corrected chi connectivity index (χ4v) is 1.94. The van der Waals surface area contributed by atoms with Crippen LogP contribution >= 0.6 is 0 Å². The predicted molar refractivity (Wildman–Crippen MR) is 82.6 cm³/mol. The summed E-state index contributed by atoms with van der Waals surface area (Å²) in [5.41, 5.74) is 6.40. The van der Waals surface area contributed by atoms with Gasteiger partial charge in [-0.25, -0.2) is 14.4 Å². The van der Waals surface area contributed by atoms with E-state index in [1.54, 1.807) is 7.05 Å². The molecule has 5 N–H and O–H groups in total. The van der Waals surface area contributed by atoms with Crippen LogP contribution in [0.3, 0.4) is 0 Å². The number of carbonyl (C=O) groups is 1. The molecule has 0 aliphatic rings. The number of benzene rings is 1. The Morgan fingerprint density at radius 2 is 2.09 bits per heavy atom. The van der Waals surface area contributed by atoms with Gasteiger partial charge in [-0.15, -0.1) is 0 Å². The maximum atomic E-state index is 14.0. The van der Waals surface area contributed by atoms with Crippen molar-refractivity contribution in [2.24, 2.45) is 0 Å². The minimum absolute atomic E-state index is 0.0178. The first-order chi connectivity index (χ1) is 10.4. The molecule has 0 bridgehead atoms. The summed E-state index contributed by atoms with van der Waals surface area (Å²) in [5, 5.41) is 13.4. The zero-order chi connectivity index (χ0) is 16.3. The highest BCUT2D eigenvalue weighted by Gasteiger charge is 2.16. The maximum absolute atomic E-state index is 14.0. The summed E-state index contributed by atoms with van der Waals surface area (Å²) >= 11 is 0. The number of amides is 1. The number of nitrogens with two attached hydrogens (primary N) is 1. The normalized spacial score (nSPS) is 10.1. The Morgan fingerprint density at radius 1 is 1.36 bits per heavy atom. The molecule has 1 aromatic heterocycles. The third-order valence-corrected chi connectivity index (χ3v) is 2.93. The van der Waals surface area contributed by atoms with Gasteiger partial charge in [0.05, 0.1) is 17.0 Å². The quantitative estimate of drug-likeness (QED) is 0.640. The summed E-state index contributed by atoms with van der Waals surface area (Å²) in [7, 11) is 1.64. The van der Waals surface area contributed by atoms with Gasteiger partial charge in [-0.3, -0.25) is 10.2 Å². The van der Waals surface area contributed by atoms with Gasteiger partial charge in [0.1, 0.15) is 23.8 Å². The number of aromatic nitrogens is 2. The molecule has 0 saturated heterocycles. The van der Waals surface area contributed by atoms with E-state index in [1.807, 2.05) is 0 Å². The van der Waals surface area contributed by atoms with Crippen LogP contribution in [0.4, 0.5) is 21.7 Å². The van der Waals surface area contributed by atoms with Gasteiger partial charge in [0.15, 0.2) is 0 Å². The molecule has 22 heavy (non-hydrogen) atoms. The summed E-state index contributed by atoms with van der Waals surface area (Å²) in [6.07, 6.45) is 1.28. The molecule has 7 nitrogen and oxygen atoms in total. The first kappa shape index (κ1) is 15.4. The lowest BCUT2D eigenvalue weighted by atomic mass is 10.0. The Kier molecular flexibility index (Phi) is 4.31. The monoisotopic (exact) mass is 302 g/mol. The Hall–Kier alpha value is -3.03.